The lowest BCUT2D eigenvalue weighted by Gasteiger charge is -2.37. The van der Waals surface area contributed by atoms with E-state index in [9.17, 15) is 0 Å². The first-order valence-corrected chi connectivity index (χ1v) is 7.25. The molecule has 0 atom stereocenters. The van der Waals surface area contributed by atoms with Crippen molar-refractivity contribution in [2.75, 3.05) is 0 Å². The van der Waals surface area contributed by atoms with Gasteiger partial charge in [0, 0.05) is 5.92 Å². The van der Waals surface area contributed by atoms with Gasteiger partial charge in [0.05, 0.1) is 6.07 Å². The Kier molecular flexibility index (Phi) is 4.26. The van der Waals surface area contributed by atoms with Gasteiger partial charge in [0.25, 0.3) is 0 Å². The third-order valence-corrected chi connectivity index (χ3v) is 5.09. The van der Waals surface area contributed by atoms with Crippen molar-refractivity contribution in [2.24, 2.45) is 23.7 Å². The molecule has 0 N–H and O–H groups in total. The van der Waals surface area contributed by atoms with Crippen LogP contribution in [-0.2, 0) is 0 Å². The summed E-state index contributed by atoms with van der Waals surface area (Å²) in [6.07, 6.45) is 10.4. The van der Waals surface area contributed by atoms with Crippen LogP contribution in [0.1, 0.15) is 58.3 Å². The van der Waals surface area contributed by atoms with Gasteiger partial charge in [-0.2, -0.15) is 5.26 Å². The zero-order chi connectivity index (χ0) is 12.3. The molecule has 94 valence electrons. The Labute approximate surface area is 106 Å². The SMILES string of the molecule is C=C(C)C1CCC(C2CCC(C#N)CC2)CC1. The van der Waals surface area contributed by atoms with Crippen LogP contribution in [-0.4, -0.2) is 0 Å². The Morgan fingerprint density at radius 1 is 0.941 bits per heavy atom. The van der Waals surface area contributed by atoms with E-state index in [1.54, 1.807) is 0 Å². The van der Waals surface area contributed by atoms with Crippen LogP contribution in [0.4, 0.5) is 0 Å². The fourth-order valence-corrected chi connectivity index (χ4v) is 3.80. The summed E-state index contributed by atoms with van der Waals surface area (Å²) in [6, 6.07) is 2.44. The lowest BCUT2D eigenvalue weighted by molar-refractivity contribution is 0.165. The molecular formula is C16H25N. The quantitative estimate of drug-likeness (QED) is 0.632. The van der Waals surface area contributed by atoms with E-state index in [0.717, 1.165) is 30.6 Å². The van der Waals surface area contributed by atoms with Crippen LogP contribution in [0.5, 0.6) is 0 Å². The van der Waals surface area contributed by atoms with E-state index in [1.807, 2.05) is 0 Å². The molecule has 0 aromatic rings. The Balaban J connectivity index is 1.78. The molecule has 2 saturated carbocycles. The fraction of sp³-hybridized carbons (Fsp3) is 0.812. The van der Waals surface area contributed by atoms with Crippen molar-refractivity contribution in [3.05, 3.63) is 12.2 Å². The molecular weight excluding hydrogens is 206 g/mol. The van der Waals surface area contributed by atoms with Gasteiger partial charge in [-0.1, -0.05) is 12.2 Å². The second-order valence-electron chi connectivity index (χ2n) is 6.20. The zero-order valence-electron chi connectivity index (χ0n) is 11.1. The van der Waals surface area contributed by atoms with Crippen molar-refractivity contribution in [1.29, 1.82) is 5.26 Å². The first-order valence-electron chi connectivity index (χ1n) is 7.25. The average molecular weight is 231 g/mol. The Morgan fingerprint density at radius 2 is 1.41 bits per heavy atom. The minimum Gasteiger partial charge on any atom is -0.198 e. The van der Waals surface area contributed by atoms with Gasteiger partial charge in [-0.05, 0) is 76.0 Å². The van der Waals surface area contributed by atoms with E-state index in [1.165, 1.54) is 44.1 Å². The first kappa shape index (κ1) is 12.7. The number of hydrogen-bond donors (Lipinski definition) is 0. The Morgan fingerprint density at radius 3 is 1.82 bits per heavy atom. The van der Waals surface area contributed by atoms with Crippen molar-refractivity contribution < 1.29 is 0 Å². The number of hydrogen-bond acceptors (Lipinski definition) is 1. The molecule has 0 unspecified atom stereocenters. The molecule has 2 fully saturated rings. The summed E-state index contributed by atoms with van der Waals surface area (Å²) in [7, 11) is 0. The van der Waals surface area contributed by atoms with Crippen molar-refractivity contribution in [3.8, 4) is 6.07 Å². The second-order valence-corrected chi connectivity index (χ2v) is 6.20. The molecule has 2 aliphatic carbocycles. The molecule has 0 amide bonds. The number of allylic oxidation sites excluding steroid dienone is 1. The smallest absolute Gasteiger partial charge is 0.0655 e. The first-order chi connectivity index (χ1) is 8.20. The maximum absolute atomic E-state index is 8.92. The third-order valence-electron chi connectivity index (χ3n) is 5.09. The van der Waals surface area contributed by atoms with Gasteiger partial charge in [0.1, 0.15) is 0 Å². The summed E-state index contributed by atoms with van der Waals surface area (Å²) in [5.74, 6) is 3.02. The molecule has 0 aromatic carbocycles. The highest BCUT2D eigenvalue weighted by molar-refractivity contribution is 4.99. The van der Waals surface area contributed by atoms with Gasteiger partial charge in [-0.15, -0.1) is 0 Å². The van der Waals surface area contributed by atoms with Crippen LogP contribution in [0, 0.1) is 35.0 Å². The van der Waals surface area contributed by atoms with Crippen LogP contribution in [0.25, 0.3) is 0 Å². The molecule has 0 radical (unpaired) electrons. The Bertz CT molecular complexity index is 296. The molecule has 0 aliphatic heterocycles. The Hall–Kier alpha value is -0.770. The van der Waals surface area contributed by atoms with Crippen molar-refractivity contribution in [2.45, 2.75) is 58.3 Å². The second kappa shape index (κ2) is 5.71. The summed E-state index contributed by atoms with van der Waals surface area (Å²) in [5, 5.41) is 8.92. The number of rotatable bonds is 2. The van der Waals surface area contributed by atoms with E-state index >= 15 is 0 Å². The van der Waals surface area contributed by atoms with Crippen LogP contribution in [0.15, 0.2) is 12.2 Å². The molecule has 2 aliphatic rings. The molecule has 0 saturated heterocycles. The van der Waals surface area contributed by atoms with Gasteiger partial charge in [-0.25, -0.2) is 0 Å². The molecule has 0 bridgehead atoms. The molecule has 1 heteroatoms. The van der Waals surface area contributed by atoms with Crippen LogP contribution < -0.4 is 0 Å². The van der Waals surface area contributed by atoms with Crippen LogP contribution in [0.3, 0.4) is 0 Å². The highest BCUT2D eigenvalue weighted by Gasteiger charge is 2.30. The lowest BCUT2D eigenvalue weighted by atomic mass is 9.68. The molecule has 0 spiro atoms. The molecule has 17 heavy (non-hydrogen) atoms. The summed E-state index contributed by atoms with van der Waals surface area (Å²) >= 11 is 0. The van der Waals surface area contributed by atoms with Crippen molar-refractivity contribution >= 4 is 0 Å². The maximum atomic E-state index is 8.92. The van der Waals surface area contributed by atoms with Crippen LogP contribution >= 0.6 is 0 Å². The van der Waals surface area contributed by atoms with E-state index in [4.69, 9.17) is 5.26 Å². The summed E-state index contributed by atoms with van der Waals surface area (Å²) in [6.45, 7) is 6.28. The zero-order valence-corrected chi connectivity index (χ0v) is 11.1. The van der Waals surface area contributed by atoms with Gasteiger partial charge in [-0.3, -0.25) is 0 Å². The summed E-state index contributed by atoms with van der Waals surface area (Å²) < 4.78 is 0. The highest BCUT2D eigenvalue weighted by atomic mass is 14.4. The van der Waals surface area contributed by atoms with E-state index in [2.05, 4.69) is 19.6 Å². The normalized spacial score (nSPS) is 38.4. The highest BCUT2D eigenvalue weighted by Crippen LogP contribution is 2.42. The van der Waals surface area contributed by atoms with E-state index < -0.39 is 0 Å². The third kappa shape index (κ3) is 3.12. The average Bonchev–Trinajstić information content (AvgIpc) is 2.39. The van der Waals surface area contributed by atoms with Gasteiger partial charge in [0.15, 0.2) is 0 Å². The van der Waals surface area contributed by atoms with Crippen molar-refractivity contribution in [3.63, 3.8) is 0 Å². The van der Waals surface area contributed by atoms with Crippen LogP contribution in [0.2, 0.25) is 0 Å². The molecule has 0 aromatic heterocycles. The predicted octanol–water partition coefficient (Wildman–Crippen LogP) is 4.70. The molecule has 2 rings (SSSR count). The minimum atomic E-state index is 0.359. The molecule has 0 heterocycles. The topological polar surface area (TPSA) is 23.8 Å². The van der Waals surface area contributed by atoms with Gasteiger partial charge in [0.2, 0.25) is 0 Å². The molecule has 1 nitrogen and oxygen atoms in total. The number of nitriles is 1. The maximum Gasteiger partial charge on any atom is 0.0655 e. The van der Waals surface area contributed by atoms with Gasteiger partial charge >= 0.3 is 0 Å². The van der Waals surface area contributed by atoms with E-state index in [0.29, 0.717) is 5.92 Å². The number of nitrogens with zero attached hydrogens (tertiary/aromatic N) is 1. The standard InChI is InChI=1S/C16H25N/c1-12(2)14-7-9-16(10-8-14)15-5-3-13(11-17)4-6-15/h13-16H,1,3-10H2,2H3. The lowest BCUT2D eigenvalue weighted by Crippen LogP contribution is -2.25. The van der Waals surface area contributed by atoms with Crippen molar-refractivity contribution in [1.82, 2.24) is 0 Å². The fourth-order valence-electron chi connectivity index (χ4n) is 3.80. The minimum absolute atomic E-state index is 0.359. The predicted molar refractivity (Wildman–Crippen MR) is 71.3 cm³/mol. The van der Waals surface area contributed by atoms with E-state index in [-0.39, 0.29) is 0 Å². The van der Waals surface area contributed by atoms with Gasteiger partial charge < -0.3 is 0 Å². The monoisotopic (exact) mass is 231 g/mol. The largest absolute Gasteiger partial charge is 0.198 e. The summed E-state index contributed by atoms with van der Waals surface area (Å²) in [5.41, 5.74) is 1.39. The summed E-state index contributed by atoms with van der Waals surface area (Å²) in [4.78, 5) is 0.